The average molecular weight is 348 g/mol. The van der Waals surface area contributed by atoms with Crippen molar-refractivity contribution < 1.29 is 14.3 Å². The van der Waals surface area contributed by atoms with E-state index in [4.69, 9.17) is 4.74 Å². The number of ether oxygens (including phenoxy) is 1. The fraction of sp³-hybridized carbons (Fsp3) is 0.286. The lowest BCUT2D eigenvalue weighted by atomic mass is 9.76. The molecule has 0 bridgehead atoms. The number of nitriles is 1. The monoisotopic (exact) mass is 348 g/mol. The fourth-order valence-electron chi connectivity index (χ4n) is 3.20. The lowest BCUT2D eigenvalue weighted by molar-refractivity contribution is -0.120. The number of aryl methyl sites for hydroxylation is 1. The average Bonchev–Trinajstić information content (AvgIpc) is 2.82. The number of carbonyl (C=O) groups excluding carboxylic acids is 2. The van der Waals surface area contributed by atoms with E-state index in [9.17, 15) is 14.9 Å². The lowest BCUT2D eigenvalue weighted by Gasteiger charge is -2.25. The first-order valence-electron chi connectivity index (χ1n) is 8.36. The summed E-state index contributed by atoms with van der Waals surface area (Å²) < 4.78 is 5.40. The van der Waals surface area contributed by atoms with Crippen LogP contribution >= 0.6 is 0 Å². The van der Waals surface area contributed by atoms with E-state index < -0.39 is 23.0 Å². The van der Waals surface area contributed by atoms with Crippen molar-refractivity contribution in [1.29, 1.82) is 5.26 Å². The summed E-state index contributed by atoms with van der Waals surface area (Å²) in [5, 5.41) is 10.1. The summed E-state index contributed by atoms with van der Waals surface area (Å²) in [5.74, 6) is -0.610. The molecule has 5 nitrogen and oxygen atoms in total. The zero-order valence-electron chi connectivity index (χ0n) is 15.2. The van der Waals surface area contributed by atoms with Gasteiger partial charge in [0.25, 0.3) is 5.91 Å². The van der Waals surface area contributed by atoms with Crippen LogP contribution < -0.4 is 4.90 Å². The fourth-order valence-corrected chi connectivity index (χ4v) is 3.20. The van der Waals surface area contributed by atoms with Crippen LogP contribution in [0.5, 0.6) is 0 Å². The van der Waals surface area contributed by atoms with Crippen LogP contribution in [-0.2, 0) is 14.9 Å². The number of hydrogen-bond donors (Lipinski definition) is 0. The molecule has 1 atom stereocenters. The van der Waals surface area contributed by atoms with Gasteiger partial charge < -0.3 is 4.74 Å². The Morgan fingerprint density at radius 3 is 2.46 bits per heavy atom. The molecule has 0 saturated heterocycles. The molecule has 0 aliphatic carbocycles. The van der Waals surface area contributed by atoms with Gasteiger partial charge in [-0.15, -0.1) is 0 Å². The largest absolute Gasteiger partial charge is 0.443 e. The van der Waals surface area contributed by atoms with E-state index in [0.29, 0.717) is 16.8 Å². The number of imide groups is 1. The normalized spacial score (nSPS) is 19.0. The summed E-state index contributed by atoms with van der Waals surface area (Å²) in [6, 6.07) is 16.3. The predicted octanol–water partition coefficient (Wildman–Crippen LogP) is 4.09. The summed E-state index contributed by atoms with van der Waals surface area (Å²) in [6.45, 7) is 7.09. The van der Waals surface area contributed by atoms with E-state index in [0.717, 1.165) is 10.5 Å². The number of para-hydroxylation sites is 1. The SMILES string of the molecule is Cc1cccc([C@@]2(C#N)C(=O)N(C(=O)OC(C)(C)C)c3ccccc32)c1. The van der Waals surface area contributed by atoms with E-state index in [2.05, 4.69) is 6.07 Å². The van der Waals surface area contributed by atoms with Gasteiger partial charge in [-0.1, -0.05) is 48.0 Å². The second kappa shape index (κ2) is 5.99. The van der Waals surface area contributed by atoms with Crippen LogP contribution in [0.4, 0.5) is 10.5 Å². The lowest BCUT2D eigenvalue weighted by Crippen LogP contribution is -2.45. The third-order valence-electron chi connectivity index (χ3n) is 4.27. The topological polar surface area (TPSA) is 70.4 Å². The van der Waals surface area contributed by atoms with Crippen LogP contribution in [0.25, 0.3) is 0 Å². The number of benzene rings is 2. The molecule has 1 aliphatic heterocycles. The number of fused-ring (bicyclic) bond motifs is 1. The summed E-state index contributed by atoms with van der Waals surface area (Å²) in [6.07, 6.45) is -0.778. The molecular weight excluding hydrogens is 328 g/mol. The number of hydrogen-bond acceptors (Lipinski definition) is 4. The van der Waals surface area contributed by atoms with Crippen molar-refractivity contribution in [3.05, 3.63) is 65.2 Å². The minimum absolute atomic E-state index is 0.384. The number of rotatable bonds is 1. The van der Waals surface area contributed by atoms with Gasteiger partial charge in [-0.05, 0) is 39.3 Å². The third-order valence-corrected chi connectivity index (χ3v) is 4.27. The molecule has 1 aliphatic rings. The Morgan fingerprint density at radius 1 is 1.15 bits per heavy atom. The van der Waals surface area contributed by atoms with Crippen LogP contribution in [0.1, 0.15) is 37.5 Å². The van der Waals surface area contributed by atoms with Crippen molar-refractivity contribution in [2.24, 2.45) is 0 Å². The second-order valence-corrected chi connectivity index (χ2v) is 7.37. The number of nitrogens with zero attached hydrogens (tertiary/aromatic N) is 2. The Kier molecular flexibility index (Phi) is 4.08. The zero-order chi connectivity index (χ0) is 19.1. The van der Waals surface area contributed by atoms with Gasteiger partial charge >= 0.3 is 6.09 Å². The van der Waals surface area contributed by atoms with Crippen molar-refractivity contribution in [2.45, 2.75) is 38.7 Å². The number of amides is 2. The van der Waals surface area contributed by atoms with Crippen molar-refractivity contribution in [2.75, 3.05) is 4.90 Å². The molecule has 0 fully saturated rings. The van der Waals surface area contributed by atoms with Crippen LogP contribution in [-0.4, -0.2) is 17.6 Å². The summed E-state index contributed by atoms with van der Waals surface area (Å²) in [4.78, 5) is 27.0. The standard InChI is InChI=1S/C21H20N2O3/c1-14-8-7-9-15(12-14)21(13-22)16-10-5-6-11-17(16)23(18(21)24)19(25)26-20(2,3)4/h5-12H,1-4H3/t21-/m1/s1. The van der Waals surface area contributed by atoms with Gasteiger partial charge in [-0.3, -0.25) is 4.79 Å². The second-order valence-electron chi connectivity index (χ2n) is 7.37. The first kappa shape index (κ1) is 17.7. The Hall–Kier alpha value is -3.13. The molecule has 0 aromatic heterocycles. The van der Waals surface area contributed by atoms with E-state index in [1.54, 1.807) is 63.2 Å². The van der Waals surface area contributed by atoms with Crippen molar-refractivity contribution in [3.8, 4) is 6.07 Å². The molecular formula is C21H20N2O3. The maximum absolute atomic E-state index is 13.4. The molecule has 0 spiro atoms. The van der Waals surface area contributed by atoms with E-state index in [1.165, 1.54) is 0 Å². The van der Waals surface area contributed by atoms with Crippen molar-refractivity contribution in [1.82, 2.24) is 0 Å². The Balaban J connectivity index is 2.21. The molecule has 132 valence electrons. The molecule has 1 heterocycles. The quantitative estimate of drug-likeness (QED) is 0.778. The Labute approximate surface area is 152 Å². The molecule has 2 aromatic rings. The van der Waals surface area contributed by atoms with Gasteiger partial charge in [0.2, 0.25) is 0 Å². The van der Waals surface area contributed by atoms with Gasteiger partial charge in [0, 0.05) is 5.56 Å². The highest BCUT2D eigenvalue weighted by Crippen LogP contribution is 2.46. The molecule has 0 radical (unpaired) electrons. The van der Waals surface area contributed by atoms with Crippen LogP contribution in [0.15, 0.2) is 48.5 Å². The number of anilines is 1. The van der Waals surface area contributed by atoms with E-state index in [1.807, 2.05) is 13.0 Å². The summed E-state index contributed by atoms with van der Waals surface area (Å²) in [7, 11) is 0. The predicted molar refractivity (Wildman–Crippen MR) is 97.7 cm³/mol. The third kappa shape index (κ3) is 2.64. The zero-order valence-corrected chi connectivity index (χ0v) is 15.2. The van der Waals surface area contributed by atoms with Crippen LogP contribution in [0, 0.1) is 18.3 Å². The molecule has 3 rings (SSSR count). The first-order chi connectivity index (χ1) is 12.2. The van der Waals surface area contributed by atoms with Crippen LogP contribution in [0.2, 0.25) is 0 Å². The molecule has 5 heteroatoms. The van der Waals surface area contributed by atoms with Gasteiger partial charge in [0.15, 0.2) is 5.41 Å². The summed E-state index contributed by atoms with van der Waals surface area (Å²) in [5.41, 5.74) is 0.0213. The van der Waals surface area contributed by atoms with Crippen LogP contribution in [0.3, 0.4) is 0 Å². The molecule has 2 aromatic carbocycles. The molecule has 0 unspecified atom stereocenters. The highest BCUT2D eigenvalue weighted by atomic mass is 16.6. The highest BCUT2D eigenvalue weighted by Gasteiger charge is 2.55. The van der Waals surface area contributed by atoms with Gasteiger partial charge in [0.05, 0.1) is 11.8 Å². The number of carbonyl (C=O) groups is 2. The van der Waals surface area contributed by atoms with Crippen molar-refractivity contribution >= 4 is 17.7 Å². The highest BCUT2D eigenvalue weighted by molar-refractivity contribution is 6.23. The van der Waals surface area contributed by atoms with Gasteiger partial charge in [-0.25, -0.2) is 9.69 Å². The van der Waals surface area contributed by atoms with Crippen molar-refractivity contribution in [3.63, 3.8) is 0 Å². The molecule has 0 saturated carbocycles. The Bertz CT molecular complexity index is 937. The first-order valence-corrected chi connectivity index (χ1v) is 8.36. The maximum atomic E-state index is 13.4. The molecule has 0 N–H and O–H groups in total. The van der Waals surface area contributed by atoms with Gasteiger partial charge in [0.1, 0.15) is 5.60 Å². The smallest absolute Gasteiger partial charge is 0.421 e. The Morgan fingerprint density at radius 2 is 1.85 bits per heavy atom. The minimum Gasteiger partial charge on any atom is -0.443 e. The van der Waals surface area contributed by atoms with Gasteiger partial charge in [-0.2, -0.15) is 5.26 Å². The van der Waals surface area contributed by atoms with E-state index in [-0.39, 0.29) is 0 Å². The maximum Gasteiger partial charge on any atom is 0.421 e. The van der Waals surface area contributed by atoms with E-state index >= 15 is 0 Å². The molecule has 26 heavy (non-hydrogen) atoms. The molecule has 2 amide bonds. The summed E-state index contributed by atoms with van der Waals surface area (Å²) >= 11 is 0. The minimum atomic E-state index is -1.57.